The van der Waals surface area contributed by atoms with Crippen molar-refractivity contribution in [3.63, 3.8) is 0 Å². The zero-order chi connectivity index (χ0) is 28.2. The molecule has 0 amide bonds. The molecule has 0 radical (unpaired) electrons. The number of carbonyl (C=O) groups excluding carboxylic acids is 4. The molecule has 0 bridgehead atoms. The summed E-state index contributed by atoms with van der Waals surface area (Å²) in [5.74, 6) is -5.96. The van der Waals surface area contributed by atoms with E-state index in [1.165, 1.54) is 49.9 Å². The maximum Gasteiger partial charge on any atom is 0.343 e. The fourth-order valence-corrected chi connectivity index (χ4v) is 4.22. The summed E-state index contributed by atoms with van der Waals surface area (Å²) in [6.07, 6.45) is 10.1. The minimum atomic E-state index is -1.01. The number of unbranched alkanes of at least 4 members (excludes halogenated alkanes) is 8. The van der Waals surface area contributed by atoms with Gasteiger partial charge in [-0.05, 0) is 49.2 Å². The Labute approximate surface area is 226 Å². The monoisotopic (exact) mass is 538 g/mol. The SMILES string of the molecule is CCCCCCCCCCCC1=C(OC(=O)c2cccc(F)c2)C(=O)C=C(OC(=O)c2cccc(F)c2)C1=O. The Hall–Kier alpha value is -3.94. The molecule has 0 fully saturated rings. The van der Waals surface area contributed by atoms with Gasteiger partial charge in [0.2, 0.25) is 11.6 Å². The van der Waals surface area contributed by atoms with Gasteiger partial charge in [0.25, 0.3) is 0 Å². The van der Waals surface area contributed by atoms with Gasteiger partial charge in [-0.2, -0.15) is 0 Å². The van der Waals surface area contributed by atoms with Gasteiger partial charge in [0, 0.05) is 6.08 Å². The lowest BCUT2D eigenvalue weighted by Crippen LogP contribution is -2.25. The molecule has 0 saturated carbocycles. The van der Waals surface area contributed by atoms with Crippen molar-refractivity contribution < 1.29 is 37.4 Å². The van der Waals surface area contributed by atoms with Crippen molar-refractivity contribution in [2.45, 2.75) is 71.1 Å². The highest BCUT2D eigenvalue weighted by atomic mass is 19.1. The molecule has 8 heteroatoms. The summed E-state index contributed by atoms with van der Waals surface area (Å²) >= 11 is 0. The number of esters is 2. The fraction of sp³-hybridized carbons (Fsp3) is 0.355. The Kier molecular flexibility index (Phi) is 11.3. The Morgan fingerprint density at radius 2 is 1.23 bits per heavy atom. The molecule has 3 rings (SSSR count). The van der Waals surface area contributed by atoms with E-state index in [0.29, 0.717) is 6.42 Å². The molecule has 0 unspecified atom stereocenters. The summed E-state index contributed by atoms with van der Waals surface area (Å²) in [5, 5.41) is 0. The Bertz CT molecular complexity index is 1280. The van der Waals surface area contributed by atoms with Gasteiger partial charge in [0.15, 0.2) is 11.5 Å². The maximum atomic E-state index is 13.6. The van der Waals surface area contributed by atoms with Gasteiger partial charge in [-0.1, -0.05) is 70.4 Å². The second kappa shape index (κ2) is 14.9. The lowest BCUT2D eigenvalue weighted by atomic mass is 9.94. The van der Waals surface area contributed by atoms with E-state index in [0.717, 1.165) is 56.0 Å². The number of carbonyl (C=O) groups is 4. The molecule has 206 valence electrons. The molecule has 0 aromatic heterocycles. The zero-order valence-electron chi connectivity index (χ0n) is 22.0. The van der Waals surface area contributed by atoms with Crippen LogP contribution in [0.1, 0.15) is 91.8 Å². The summed E-state index contributed by atoms with van der Waals surface area (Å²) in [6, 6.07) is 9.48. The van der Waals surface area contributed by atoms with Crippen molar-refractivity contribution in [1.82, 2.24) is 0 Å². The zero-order valence-corrected chi connectivity index (χ0v) is 22.0. The number of benzene rings is 2. The molecule has 2 aromatic carbocycles. The topological polar surface area (TPSA) is 86.7 Å². The molecule has 39 heavy (non-hydrogen) atoms. The lowest BCUT2D eigenvalue weighted by molar-refractivity contribution is -0.119. The second-order valence-corrected chi connectivity index (χ2v) is 9.39. The molecule has 6 nitrogen and oxygen atoms in total. The van der Waals surface area contributed by atoms with Crippen LogP contribution in [0.5, 0.6) is 0 Å². The molecule has 0 atom stereocenters. The molecule has 1 aliphatic carbocycles. The lowest BCUT2D eigenvalue weighted by Gasteiger charge is -2.18. The van der Waals surface area contributed by atoms with Crippen LogP contribution in [-0.4, -0.2) is 23.5 Å². The summed E-state index contributed by atoms with van der Waals surface area (Å²) < 4.78 is 37.6. The van der Waals surface area contributed by atoms with Crippen LogP contribution in [0.3, 0.4) is 0 Å². The Morgan fingerprint density at radius 1 is 0.718 bits per heavy atom. The summed E-state index contributed by atoms with van der Waals surface area (Å²) in [5.41, 5.74) is -0.362. The minimum absolute atomic E-state index is 0.0998. The number of hydrogen-bond acceptors (Lipinski definition) is 6. The van der Waals surface area contributed by atoms with E-state index in [4.69, 9.17) is 9.47 Å². The number of Topliss-reactive ketones (excluding diaryl/α,β-unsaturated/α-hetero) is 1. The third-order valence-electron chi connectivity index (χ3n) is 6.31. The van der Waals surface area contributed by atoms with Crippen LogP contribution in [0.4, 0.5) is 8.78 Å². The van der Waals surface area contributed by atoms with Crippen molar-refractivity contribution in [3.05, 3.63) is 94.5 Å². The van der Waals surface area contributed by atoms with Crippen LogP contribution in [0.2, 0.25) is 0 Å². The molecular weight excluding hydrogens is 506 g/mol. The van der Waals surface area contributed by atoms with Crippen LogP contribution in [-0.2, 0) is 19.1 Å². The van der Waals surface area contributed by atoms with Crippen molar-refractivity contribution in [3.8, 4) is 0 Å². The van der Waals surface area contributed by atoms with E-state index in [1.54, 1.807) is 0 Å². The fourth-order valence-electron chi connectivity index (χ4n) is 4.22. The first kappa shape index (κ1) is 29.6. The van der Waals surface area contributed by atoms with E-state index >= 15 is 0 Å². The van der Waals surface area contributed by atoms with E-state index in [-0.39, 0.29) is 23.1 Å². The van der Waals surface area contributed by atoms with E-state index in [9.17, 15) is 28.0 Å². The van der Waals surface area contributed by atoms with Crippen molar-refractivity contribution in [2.75, 3.05) is 0 Å². The van der Waals surface area contributed by atoms with Crippen LogP contribution in [0, 0.1) is 11.6 Å². The summed E-state index contributed by atoms with van der Waals surface area (Å²) in [4.78, 5) is 51.3. The number of allylic oxidation sites excluding steroid dienone is 2. The smallest absolute Gasteiger partial charge is 0.343 e. The Morgan fingerprint density at radius 3 is 1.77 bits per heavy atom. The predicted molar refractivity (Wildman–Crippen MR) is 141 cm³/mol. The molecule has 1 aliphatic rings. The quantitative estimate of drug-likeness (QED) is 0.144. The van der Waals surface area contributed by atoms with Gasteiger partial charge < -0.3 is 9.47 Å². The molecule has 0 heterocycles. The first-order chi connectivity index (χ1) is 18.8. The number of ketones is 2. The van der Waals surface area contributed by atoms with Crippen LogP contribution in [0.25, 0.3) is 0 Å². The van der Waals surface area contributed by atoms with Crippen molar-refractivity contribution in [1.29, 1.82) is 0 Å². The third-order valence-corrected chi connectivity index (χ3v) is 6.31. The highest BCUT2D eigenvalue weighted by Gasteiger charge is 2.34. The molecule has 0 saturated heterocycles. The largest absolute Gasteiger partial charge is 0.419 e. The van der Waals surface area contributed by atoms with Crippen molar-refractivity contribution in [2.24, 2.45) is 0 Å². The van der Waals surface area contributed by atoms with Crippen LogP contribution >= 0.6 is 0 Å². The van der Waals surface area contributed by atoms with Gasteiger partial charge in [-0.25, -0.2) is 18.4 Å². The highest BCUT2D eigenvalue weighted by molar-refractivity contribution is 6.22. The van der Waals surface area contributed by atoms with Crippen LogP contribution in [0.15, 0.2) is 71.7 Å². The van der Waals surface area contributed by atoms with Gasteiger partial charge in [-0.3, -0.25) is 9.59 Å². The second-order valence-electron chi connectivity index (χ2n) is 9.39. The molecule has 2 aromatic rings. The van der Waals surface area contributed by atoms with Crippen molar-refractivity contribution >= 4 is 23.5 Å². The van der Waals surface area contributed by atoms with Gasteiger partial charge in [0.05, 0.1) is 16.7 Å². The molecular formula is C31H32F2O6. The molecule has 0 N–H and O–H groups in total. The Balaban J connectivity index is 1.73. The highest BCUT2D eigenvalue weighted by Crippen LogP contribution is 2.27. The maximum absolute atomic E-state index is 13.6. The van der Waals surface area contributed by atoms with Gasteiger partial charge >= 0.3 is 11.9 Å². The molecule has 0 spiro atoms. The number of rotatable bonds is 14. The number of ether oxygens (including phenoxy) is 2. The van der Waals surface area contributed by atoms with E-state index < -0.39 is 46.7 Å². The van der Waals surface area contributed by atoms with Gasteiger partial charge in [-0.15, -0.1) is 0 Å². The normalized spacial score (nSPS) is 13.4. The average molecular weight is 539 g/mol. The summed E-state index contributed by atoms with van der Waals surface area (Å²) in [6.45, 7) is 2.17. The predicted octanol–water partition coefficient (Wildman–Crippen LogP) is 7.19. The third kappa shape index (κ3) is 8.80. The van der Waals surface area contributed by atoms with Crippen LogP contribution < -0.4 is 0 Å². The summed E-state index contributed by atoms with van der Waals surface area (Å²) in [7, 11) is 0. The minimum Gasteiger partial charge on any atom is -0.419 e. The van der Waals surface area contributed by atoms with E-state index in [1.807, 2.05) is 0 Å². The average Bonchev–Trinajstić information content (AvgIpc) is 2.91. The standard InChI is InChI=1S/C31H32F2O6/c1-2-3-4-5-6-7-8-9-10-17-25-28(35)27(38-30(36)21-13-11-15-23(32)18-21)20-26(34)29(25)39-31(37)22-14-12-16-24(33)19-22/h11-16,18-20H,2-10,17H2,1H3. The molecule has 0 aliphatic heterocycles. The number of hydrogen-bond donors (Lipinski definition) is 0. The first-order valence-corrected chi connectivity index (χ1v) is 13.3. The van der Waals surface area contributed by atoms with E-state index in [2.05, 4.69) is 6.92 Å². The number of halogens is 2. The van der Waals surface area contributed by atoms with Gasteiger partial charge in [0.1, 0.15) is 11.6 Å². The first-order valence-electron chi connectivity index (χ1n) is 13.3.